The number of aromatic nitrogens is 1. The molecule has 11 heteroatoms. The summed E-state index contributed by atoms with van der Waals surface area (Å²) in [5.41, 5.74) is 1.29. The Labute approximate surface area is 243 Å². The highest BCUT2D eigenvalue weighted by Gasteiger charge is 2.31. The normalized spacial score (nSPS) is 14.7. The third-order valence-electron chi connectivity index (χ3n) is 5.85. The minimum absolute atomic E-state index is 0.231. The zero-order valence-electron chi connectivity index (χ0n) is 22.3. The summed E-state index contributed by atoms with van der Waals surface area (Å²) in [7, 11) is 2.88. The zero-order valence-corrected chi connectivity index (χ0v) is 25.3. The Kier molecular flexibility index (Phi) is 9.33. The number of hydrogen-bond acceptors (Lipinski definition) is 9. The van der Waals surface area contributed by atoms with Crippen molar-refractivity contribution < 1.29 is 28.5 Å². The van der Waals surface area contributed by atoms with Crippen molar-refractivity contribution >= 4 is 46.0 Å². The van der Waals surface area contributed by atoms with E-state index < -0.39 is 12.0 Å². The fourth-order valence-corrected chi connectivity index (χ4v) is 5.85. The number of methoxy groups -OCH3 is 2. The van der Waals surface area contributed by atoms with E-state index >= 15 is 0 Å². The minimum atomic E-state index is -0.775. The van der Waals surface area contributed by atoms with Gasteiger partial charge in [0.05, 0.1) is 50.2 Å². The zero-order chi connectivity index (χ0) is 28.1. The second kappa shape index (κ2) is 12.7. The maximum atomic E-state index is 13.9. The average Bonchev–Trinajstić information content (AvgIpc) is 3.25. The molecule has 4 rings (SSSR count). The van der Waals surface area contributed by atoms with Crippen LogP contribution in [0.1, 0.15) is 37.9 Å². The van der Waals surface area contributed by atoms with Gasteiger partial charge in [-0.25, -0.2) is 9.79 Å². The molecule has 0 aliphatic carbocycles. The molecule has 206 valence electrons. The van der Waals surface area contributed by atoms with Crippen molar-refractivity contribution in [1.29, 1.82) is 0 Å². The Morgan fingerprint density at radius 2 is 1.74 bits per heavy atom. The van der Waals surface area contributed by atoms with Gasteiger partial charge in [0.2, 0.25) is 0 Å². The van der Waals surface area contributed by atoms with Crippen LogP contribution in [0.4, 0.5) is 0 Å². The lowest BCUT2D eigenvalue weighted by Gasteiger charge is -2.23. The molecular weight excluding hydrogens is 635 g/mol. The molecule has 0 spiro atoms. The molecule has 0 fully saturated rings. The minimum Gasteiger partial charge on any atom is -0.493 e. The molecular formula is C28H29IN2O7S. The predicted molar refractivity (Wildman–Crippen MR) is 157 cm³/mol. The number of fused-ring (bicyclic) bond motifs is 1. The van der Waals surface area contributed by atoms with E-state index in [-0.39, 0.29) is 11.1 Å². The first kappa shape index (κ1) is 28.7. The van der Waals surface area contributed by atoms with E-state index in [4.69, 9.17) is 23.7 Å². The van der Waals surface area contributed by atoms with E-state index in [0.29, 0.717) is 63.3 Å². The predicted octanol–water partition coefficient (Wildman–Crippen LogP) is 3.83. The van der Waals surface area contributed by atoms with Gasteiger partial charge in [-0.2, -0.15) is 0 Å². The van der Waals surface area contributed by atoms with Gasteiger partial charge >= 0.3 is 5.97 Å². The van der Waals surface area contributed by atoms with Gasteiger partial charge in [-0.05, 0) is 79.3 Å². The van der Waals surface area contributed by atoms with Gasteiger partial charge in [0.15, 0.2) is 27.8 Å². The third kappa shape index (κ3) is 5.83. The second-order valence-electron chi connectivity index (χ2n) is 8.21. The fourth-order valence-electron chi connectivity index (χ4n) is 4.27. The van der Waals surface area contributed by atoms with Gasteiger partial charge in [-0.1, -0.05) is 17.4 Å². The summed E-state index contributed by atoms with van der Waals surface area (Å²) in [4.78, 5) is 31.6. The van der Waals surface area contributed by atoms with E-state index in [1.165, 1.54) is 29.2 Å². The fraction of sp³-hybridized carbons (Fsp3) is 0.321. The van der Waals surface area contributed by atoms with Crippen LogP contribution in [0.2, 0.25) is 0 Å². The summed E-state index contributed by atoms with van der Waals surface area (Å²) in [5.74, 6) is 1.64. The van der Waals surface area contributed by atoms with Crippen molar-refractivity contribution in [3.05, 3.63) is 76.5 Å². The summed E-state index contributed by atoms with van der Waals surface area (Å²) < 4.78 is 30.8. The van der Waals surface area contributed by atoms with Gasteiger partial charge in [-0.15, -0.1) is 0 Å². The molecule has 0 saturated heterocycles. The van der Waals surface area contributed by atoms with Crippen molar-refractivity contribution in [3.8, 4) is 23.0 Å². The molecule has 0 N–H and O–H groups in total. The lowest BCUT2D eigenvalue weighted by atomic mass is 9.97. The van der Waals surface area contributed by atoms with E-state index in [1.54, 1.807) is 25.3 Å². The number of hydrogen-bond donors (Lipinski definition) is 0. The van der Waals surface area contributed by atoms with Crippen LogP contribution < -0.4 is 33.8 Å². The molecule has 2 heterocycles. The van der Waals surface area contributed by atoms with E-state index in [2.05, 4.69) is 27.6 Å². The molecule has 39 heavy (non-hydrogen) atoms. The van der Waals surface area contributed by atoms with Crippen LogP contribution in [0, 0.1) is 3.57 Å². The van der Waals surface area contributed by atoms with Crippen molar-refractivity contribution in [2.24, 2.45) is 4.99 Å². The molecule has 0 radical (unpaired) electrons. The van der Waals surface area contributed by atoms with E-state index in [9.17, 15) is 9.59 Å². The highest BCUT2D eigenvalue weighted by atomic mass is 127. The van der Waals surface area contributed by atoms with Crippen molar-refractivity contribution in [3.63, 3.8) is 0 Å². The molecule has 1 atom stereocenters. The molecule has 1 aliphatic heterocycles. The first-order valence-electron chi connectivity index (χ1n) is 12.4. The lowest BCUT2D eigenvalue weighted by Crippen LogP contribution is -2.39. The summed E-state index contributed by atoms with van der Waals surface area (Å²) in [6, 6.07) is 8.40. The van der Waals surface area contributed by atoms with Gasteiger partial charge < -0.3 is 23.7 Å². The molecule has 1 aromatic heterocycles. The Bertz CT molecular complexity index is 1590. The number of ether oxygens (including phenoxy) is 5. The van der Waals surface area contributed by atoms with E-state index in [0.717, 1.165) is 3.57 Å². The number of esters is 1. The highest BCUT2D eigenvalue weighted by molar-refractivity contribution is 14.1. The van der Waals surface area contributed by atoms with E-state index in [1.807, 2.05) is 39.0 Å². The SMILES string of the molecule is CCOc1ccc([C@H]2C(C(=O)OC)=CN=c3s/c(=C/c4cc(I)cc(OC)c4OCC)c(=O)n32)cc1OCC. The Morgan fingerprint density at radius 3 is 2.41 bits per heavy atom. The van der Waals surface area contributed by atoms with Gasteiger partial charge in [-0.3, -0.25) is 9.36 Å². The number of thiazole rings is 1. The molecule has 1 aliphatic rings. The molecule has 0 unspecified atom stereocenters. The Balaban J connectivity index is 1.94. The van der Waals surface area contributed by atoms with Crippen LogP contribution in [0.15, 0.2) is 51.9 Å². The number of carbonyl (C=O) groups is 1. The standard InChI is InChI=1S/C28H29IN2O7S/c1-6-36-20-10-9-16(12-21(20)37-7-2)24-19(27(33)35-5)15-30-28-31(24)26(32)23(39-28)13-17-11-18(29)14-22(34-4)25(17)38-8-3/h9-15,24H,6-8H2,1-5H3/b23-13+/t24-/m0/s1. The number of nitrogens with zero attached hydrogens (tertiary/aromatic N) is 2. The van der Waals surface area contributed by atoms with Crippen LogP contribution in [0.3, 0.4) is 0 Å². The van der Waals surface area contributed by atoms with Gasteiger partial charge in [0.1, 0.15) is 0 Å². The smallest absolute Gasteiger partial charge is 0.337 e. The summed E-state index contributed by atoms with van der Waals surface area (Å²) in [6.07, 6.45) is 3.23. The van der Waals surface area contributed by atoms with Crippen molar-refractivity contribution in [2.45, 2.75) is 26.8 Å². The van der Waals surface area contributed by atoms with Crippen molar-refractivity contribution in [2.75, 3.05) is 34.0 Å². The number of rotatable bonds is 10. The summed E-state index contributed by atoms with van der Waals surface area (Å²) in [5, 5.41) is 0. The molecule has 3 aromatic rings. The topological polar surface area (TPSA) is 97.6 Å². The maximum Gasteiger partial charge on any atom is 0.337 e. The van der Waals surface area contributed by atoms with Crippen LogP contribution in [-0.2, 0) is 9.53 Å². The number of halogens is 1. The molecule has 2 aromatic carbocycles. The van der Waals surface area contributed by atoms with Crippen LogP contribution >= 0.6 is 33.9 Å². The van der Waals surface area contributed by atoms with Crippen molar-refractivity contribution in [1.82, 2.24) is 4.57 Å². The Morgan fingerprint density at radius 1 is 1.03 bits per heavy atom. The van der Waals surface area contributed by atoms with Gasteiger partial charge in [0.25, 0.3) is 5.56 Å². The monoisotopic (exact) mass is 664 g/mol. The van der Waals surface area contributed by atoms with Crippen LogP contribution in [-0.4, -0.2) is 44.6 Å². The van der Waals surface area contributed by atoms with Crippen LogP contribution in [0.25, 0.3) is 6.08 Å². The second-order valence-corrected chi connectivity index (χ2v) is 10.5. The third-order valence-corrected chi connectivity index (χ3v) is 7.47. The number of benzene rings is 2. The average molecular weight is 665 g/mol. The summed E-state index contributed by atoms with van der Waals surface area (Å²) in [6.45, 7) is 6.97. The quantitative estimate of drug-likeness (QED) is 0.240. The first-order valence-corrected chi connectivity index (χ1v) is 14.2. The first-order chi connectivity index (χ1) is 18.9. The molecule has 0 amide bonds. The molecule has 9 nitrogen and oxygen atoms in total. The van der Waals surface area contributed by atoms with Crippen LogP contribution in [0.5, 0.6) is 23.0 Å². The lowest BCUT2D eigenvalue weighted by molar-refractivity contribution is -0.136. The Hall–Kier alpha value is -3.32. The number of carbonyl (C=O) groups excluding carboxylic acids is 1. The molecule has 0 saturated carbocycles. The summed E-state index contributed by atoms with van der Waals surface area (Å²) >= 11 is 3.42. The highest BCUT2D eigenvalue weighted by Crippen LogP contribution is 2.36. The largest absolute Gasteiger partial charge is 0.493 e. The maximum absolute atomic E-state index is 13.9. The van der Waals surface area contributed by atoms with Gasteiger partial charge in [0, 0.05) is 15.3 Å². The molecule has 0 bridgehead atoms.